The van der Waals surface area contributed by atoms with Gasteiger partial charge in [0.1, 0.15) is 17.6 Å². The van der Waals surface area contributed by atoms with Crippen molar-refractivity contribution in [1.82, 2.24) is 14.9 Å². The maximum atomic E-state index is 13.2. The molecule has 8 heteroatoms. The van der Waals surface area contributed by atoms with Gasteiger partial charge in [0.05, 0.1) is 17.0 Å². The lowest BCUT2D eigenvalue weighted by molar-refractivity contribution is -0.123. The fourth-order valence-electron chi connectivity index (χ4n) is 3.01. The highest BCUT2D eigenvalue weighted by Gasteiger charge is 2.25. The lowest BCUT2D eigenvalue weighted by atomic mass is 9.96. The predicted octanol–water partition coefficient (Wildman–Crippen LogP) is 4.30. The van der Waals surface area contributed by atoms with Gasteiger partial charge in [-0.25, -0.2) is 4.98 Å². The number of carbonyl (C=O) groups is 2. The molecule has 0 aliphatic rings. The number of thiophene rings is 1. The van der Waals surface area contributed by atoms with E-state index in [1.54, 1.807) is 13.3 Å². The number of hydrogen-bond donors (Lipinski definition) is 2. The van der Waals surface area contributed by atoms with Crippen LogP contribution in [0.4, 0.5) is 5.00 Å². The molecule has 0 aliphatic heterocycles. The van der Waals surface area contributed by atoms with Gasteiger partial charge in [-0.15, -0.1) is 11.3 Å². The second-order valence-corrected chi connectivity index (χ2v) is 9.46. The summed E-state index contributed by atoms with van der Waals surface area (Å²) in [5.74, 6) is 1.14. The molecule has 0 bridgehead atoms. The Morgan fingerprint density at radius 3 is 2.42 bits per heavy atom. The van der Waals surface area contributed by atoms with Crippen molar-refractivity contribution in [2.45, 2.75) is 33.7 Å². The van der Waals surface area contributed by atoms with Crippen molar-refractivity contribution in [2.75, 3.05) is 12.4 Å². The first-order chi connectivity index (χ1) is 14.6. The van der Waals surface area contributed by atoms with Crippen LogP contribution in [0.1, 0.15) is 53.4 Å². The molecule has 0 fully saturated rings. The van der Waals surface area contributed by atoms with Gasteiger partial charge < -0.3 is 19.9 Å². The second-order valence-electron chi connectivity index (χ2n) is 8.40. The summed E-state index contributed by atoms with van der Waals surface area (Å²) in [6, 6.07) is 8.92. The van der Waals surface area contributed by atoms with E-state index < -0.39 is 11.5 Å². The predicted molar refractivity (Wildman–Crippen MR) is 123 cm³/mol. The topological polar surface area (TPSA) is 85.2 Å². The zero-order chi connectivity index (χ0) is 22.8. The molecule has 1 atom stereocenters. The number of benzene rings is 1. The van der Waals surface area contributed by atoms with Crippen molar-refractivity contribution in [3.8, 4) is 5.75 Å². The van der Waals surface area contributed by atoms with E-state index in [2.05, 4.69) is 15.6 Å². The molecule has 2 heterocycles. The number of ether oxygens (including phenoxy) is 1. The average Bonchev–Trinajstić information content (AvgIpc) is 3.30. The van der Waals surface area contributed by atoms with E-state index in [9.17, 15) is 9.59 Å². The number of carbonyl (C=O) groups excluding carboxylic acids is 2. The van der Waals surface area contributed by atoms with Gasteiger partial charge in [-0.2, -0.15) is 0 Å². The Bertz CT molecular complexity index is 1080. The number of nitrogens with zero attached hydrogens (tertiary/aromatic N) is 2. The summed E-state index contributed by atoms with van der Waals surface area (Å²) >= 11 is 1.27. The number of aromatic nitrogens is 2. The number of hydrogen-bond acceptors (Lipinski definition) is 5. The first kappa shape index (κ1) is 22.6. The zero-order valence-electron chi connectivity index (χ0n) is 18.6. The van der Waals surface area contributed by atoms with E-state index in [0.29, 0.717) is 15.7 Å². The maximum absolute atomic E-state index is 13.2. The lowest BCUT2D eigenvalue weighted by Gasteiger charge is -2.19. The third kappa shape index (κ3) is 5.14. The summed E-state index contributed by atoms with van der Waals surface area (Å²) < 4.78 is 7.13. The molecule has 0 saturated carbocycles. The van der Waals surface area contributed by atoms with Crippen LogP contribution in [-0.2, 0) is 11.8 Å². The first-order valence-corrected chi connectivity index (χ1v) is 10.8. The molecule has 0 radical (unpaired) electrons. The highest BCUT2D eigenvalue weighted by Crippen LogP contribution is 2.30. The Hall–Kier alpha value is -3.13. The molecule has 164 valence electrons. The molecule has 7 nitrogen and oxygen atoms in total. The van der Waals surface area contributed by atoms with E-state index in [0.717, 1.165) is 16.9 Å². The number of rotatable bonds is 6. The Balaban J connectivity index is 1.87. The van der Waals surface area contributed by atoms with E-state index in [1.165, 1.54) is 11.3 Å². The van der Waals surface area contributed by atoms with E-state index in [1.807, 2.05) is 75.8 Å². The van der Waals surface area contributed by atoms with Crippen molar-refractivity contribution >= 4 is 28.2 Å². The van der Waals surface area contributed by atoms with Gasteiger partial charge in [-0.1, -0.05) is 32.9 Å². The number of anilines is 1. The van der Waals surface area contributed by atoms with Crippen LogP contribution >= 0.6 is 11.3 Å². The summed E-state index contributed by atoms with van der Waals surface area (Å²) in [7, 11) is 3.50. The van der Waals surface area contributed by atoms with Crippen LogP contribution < -0.4 is 15.4 Å². The minimum atomic E-state index is -0.516. The molecule has 2 aromatic heterocycles. The average molecular weight is 441 g/mol. The van der Waals surface area contributed by atoms with Crippen molar-refractivity contribution < 1.29 is 14.3 Å². The van der Waals surface area contributed by atoms with Gasteiger partial charge in [-0.3, -0.25) is 9.59 Å². The molecular formula is C23H28N4O3S. The molecule has 1 unspecified atom stereocenters. The third-order valence-electron chi connectivity index (χ3n) is 4.88. The number of imidazole rings is 1. The highest BCUT2D eigenvalue weighted by atomic mass is 32.1. The van der Waals surface area contributed by atoms with E-state index >= 15 is 0 Å². The van der Waals surface area contributed by atoms with Crippen LogP contribution in [-0.4, -0.2) is 28.5 Å². The molecule has 3 aromatic rings. The van der Waals surface area contributed by atoms with Crippen LogP contribution in [0.15, 0.2) is 42.7 Å². The number of aryl methyl sites for hydroxylation is 2. The Labute approximate surface area is 186 Å². The quantitative estimate of drug-likeness (QED) is 0.598. The van der Waals surface area contributed by atoms with Crippen molar-refractivity contribution in [2.24, 2.45) is 12.5 Å². The van der Waals surface area contributed by atoms with Gasteiger partial charge in [0.15, 0.2) is 0 Å². The Kier molecular flexibility index (Phi) is 6.50. The fourth-order valence-corrected chi connectivity index (χ4v) is 3.98. The minimum Gasteiger partial charge on any atom is -0.497 e. The summed E-state index contributed by atoms with van der Waals surface area (Å²) in [5.41, 5.74) is 1.18. The number of amides is 2. The minimum absolute atomic E-state index is 0.0928. The summed E-state index contributed by atoms with van der Waals surface area (Å²) in [5, 5.41) is 6.66. The van der Waals surface area contributed by atoms with Gasteiger partial charge in [0, 0.05) is 24.9 Å². The van der Waals surface area contributed by atoms with Crippen molar-refractivity contribution in [3.05, 3.63) is 64.6 Å². The number of nitrogens with one attached hydrogen (secondary N) is 2. The third-order valence-corrected chi connectivity index (χ3v) is 6.03. The van der Waals surface area contributed by atoms with E-state index in [-0.39, 0.29) is 11.8 Å². The SMILES string of the molecule is COc1ccc(C(NC(=O)c2sc(NC(=O)C(C)(C)C)cc2C)c2nccn2C)cc1. The highest BCUT2D eigenvalue weighted by molar-refractivity contribution is 7.18. The molecule has 3 rings (SSSR count). The molecule has 31 heavy (non-hydrogen) atoms. The van der Waals surface area contributed by atoms with Crippen LogP contribution in [0.3, 0.4) is 0 Å². The van der Waals surface area contributed by atoms with Gasteiger partial charge in [0.2, 0.25) is 5.91 Å². The summed E-state index contributed by atoms with van der Waals surface area (Å²) in [4.78, 5) is 30.5. The van der Waals surface area contributed by atoms with Crippen LogP contribution in [0.5, 0.6) is 5.75 Å². The molecule has 2 amide bonds. The first-order valence-electron chi connectivity index (χ1n) is 9.94. The fraction of sp³-hybridized carbons (Fsp3) is 0.348. The van der Waals surface area contributed by atoms with Gasteiger partial charge in [-0.05, 0) is 36.2 Å². The lowest BCUT2D eigenvalue weighted by Crippen LogP contribution is -2.31. The Morgan fingerprint density at radius 2 is 1.87 bits per heavy atom. The van der Waals surface area contributed by atoms with Crippen LogP contribution in [0, 0.1) is 12.3 Å². The Morgan fingerprint density at radius 1 is 1.19 bits per heavy atom. The van der Waals surface area contributed by atoms with Crippen molar-refractivity contribution in [3.63, 3.8) is 0 Å². The summed E-state index contributed by atoms with van der Waals surface area (Å²) in [6.07, 6.45) is 3.54. The molecule has 1 aromatic carbocycles. The molecule has 0 aliphatic carbocycles. The second kappa shape index (κ2) is 8.93. The number of methoxy groups -OCH3 is 1. The standard InChI is InChI=1S/C23H28N4O3S/c1-14-13-17(25-22(29)23(2,3)4)31-19(14)21(28)26-18(20-24-11-12-27(20)5)15-7-9-16(30-6)10-8-15/h7-13,18H,1-6H3,(H,25,29)(H,26,28). The smallest absolute Gasteiger partial charge is 0.262 e. The van der Waals surface area contributed by atoms with Crippen LogP contribution in [0.2, 0.25) is 0 Å². The van der Waals surface area contributed by atoms with Gasteiger partial charge >= 0.3 is 0 Å². The molecule has 0 saturated heterocycles. The summed E-state index contributed by atoms with van der Waals surface area (Å²) in [6.45, 7) is 7.41. The zero-order valence-corrected chi connectivity index (χ0v) is 19.5. The molecule has 2 N–H and O–H groups in total. The molecular weight excluding hydrogens is 412 g/mol. The van der Waals surface area contributed by atoms with Crippen LogP contribution in [0.25, 0.3) is 0 Å². The molecule has 0 spiro atoms. The van der Waals surface area contributed by atoms with Gasteiger partial charge in [0.25, 0.3) is 5.91 Å². The largest absolute Gasteiger partial charge is 0.497 e. The van der Waals surface area contributed by atoms with E-state index in [4.69, 9.17) is 4.74 Å². The van der Waals surface area contributed by atoms with Crippen molar-refractivity contribution in [1.29, 1.82) is 0 Å². The monoisotopic (exact) mass is 440 g/mol. The maximum Gasteiger partial charge on any atom is 0.262 e. The normalized spacial score (nSPS) is 12.3.